The highest BCUT2D eigenvalue weighted by atomic mass is 35.5. The molecule has 2 rings (SSSR count). The smallest absolute Gasteiger partial charge is 0.232 e. The molecule has 0 fully saturated rings. The first-order valence-electron chi connectivity index (χ1n) is 7.65. The highest BCUT2D eigenvalue weighted by Gasteiger charge is 2.20. The molecule has 1 N–H and O–H groups in total. The van der Waals surface area contributed by atoms with Gasteiger partial charge in [-0.15, -0.1) is 0 Å². The summed E-state index contributed by atoms with van der Waals surface area (Å²) in [5.41, 5.74) is 0.597. The number of halogens is 3. The highest BCUT2D eigenvalue weighted by Crippen LogP contribution is 2.30. The van der Waals surface area contributed by atoms with E-state index in [9.17, 15) is 17.6 Å². The number of carbonyl (C=O) groups is 1. The molecular formula is C17H17Cl2FN2O3S. The van der Waals surface area contributed by atoms with Gasteiger partial charge in [-0.3, -0.25) is 9.10 Å². The quantitative estimate of drug-likeness (QED) is 0.727. The van der Waals surface area contributed by atoms with E-state index in [0.717, 1.165) is 10.6 Å². The molecule has 0 aliphatic rings. The summed E-state index contributed by atoms with van der Waals surface area (Å²) in [5, 5.41) is 3.15. The van der Waals surface area contributed by atoms with Gasteiger partial charge in [-0.1, -0.05) is 29.3 Å². The third kappa shape index (κ3) is 5.86. The standard InChI is InChI=1S/C17H17Cl2FN2O3S/c1-26(24,25)22(16-10-12(18)7-8-15(16)19)9-3-6-17(23)21-14-5-2-4-13(20)11-14/h2,4-5,7-8,10-11H,3,6,9H2,1H3,(H,21,23). The number of benzene rings is 2. The van der Waals surface area contributed by atoms with Gasteiger partial charge in [0.25, 0.3) is 0 Å². The minimum atomic E-state index is -3.61. The molecule has 0 radical (unpaired) electrons. The van der Waals surface area contributed by atoms with E-state index < -0.39 is 15.8 Å². The molecular weight excluding hydrogens is 402 g/mol. The summed E-state index contributed by atoms with van der Waals surface area (Å²) in [6.45, 7) is 0.0511. The molecule has 0 aliphatic heterocycles. The number of nitrogens with zero attached hydrogens (tertiary/aromatic N) is 1. The summed E-state index contributed by atoms with van der Waals surface area (Å²) in [5.74, 6) is -0.803. The van der Waals surface area contributed by atoms with Crippen molar-refractivity contribution < 1.29 is 17.6 Å². The van der Waals surface area contributed by atoms with Crippen LogP contribution in [0.5, 0.6) is 0 Å². The lowest BCUT2D eigenvalue weighted by Gasteiger charge is -2.23. The molecule has 0 aliphatic carbocycles. The molecule has 140 valence electrons. The second kappa shape index (κ2) is 8.70. The zero-order valence-corrected chi connectivity index (χ0v) is 16.2. The fraction of sp³-hybridized carbons (Fsp3) is 0.235. The maximum absolute atomic E-state index is 13.1. The number of sulfonamides is 1. The molecule has 2 aromatic rings. The van der Waals surface area contributed by atoms with Gasteiger partial charge in [-0.2, -0.15) is 0 Å². The normalized spacial score (nSPS) is 11.2. The first-order valence-corrected chi connectivity index (χ1v) is 10.3. The van der Waals surface area contributed by atoms with E-state index >= 15 is 0 Å². The molecule has 9 heteroatoms. The van der Waals surface area contributed by atoms with Gasteiger partial charge in [0.1, 0.15) is 5.82 Å². The van der Waals surface area contributed by atoms with Crippen molar-refractivity contribution >= 4 is 50.5 Å². The van der Waals surface area contributed by atoms with Crippen LogP contribution in [0.1, 0.15) is 12.8 Å². The molecule has 0 saturated carbocycles. The summed E-state index contributed by atoms with van der Waals surface area (Å²) in [7, 11) is -3.61. The summed E-state index contributed by atoms with van der Waals surface area (Å²) in [4.78, 5) is 12.0. The van der Waals surface area contributed by atoms with Gasteiger partial charge in [-0.05, 0) is 42.8 Å². The fourth-order valence-corrected chi connectivity index (χ4v) is 3.72. The fourth-order valence-electron chi connectivity index (χ4n) is 2.31. The molecule has 0 bridgehead atoms. The minimum Gasteiger partial charge on any atom is -0.326 e. The third-order valence-electron chi connectivity index (χ3n) is 3.45. The Kier molecular flexibility index (Phi) is 6.86. The van der Waals surface area contributed by atoms with Crippen LogP contribution in [0.15, 0.2) is 42.5 Å². The summed E-state index contributed by atoms with van der Waals surface area (Å²) >= 11 is 12.0. The number of amides is 1. The van der Waals surface area contributed by atoms with Gasteiger partial charge in [-0.25, -0.2) is 12.8 Å². The Morgan fingerprint density at radius 2 is 1.92 bits per heavy atom. The first kappa shape index (κ1) is 20.5. The van der Waals surface area contributed by atoms with Gasteiger partial charge >= 0.3 is 0 Å². The Balaban J connectivity index is 2.02. The number of nitrogens with one attached hydrogen (secondary N) is 1. The lowest BCUT2D eigenvalue weighted by Crippen LogP contribution is -2.31. The Bertz CT molecular complexity index is 907. The second-order valence-electron chi connectivity index (χ2n) is 5.59. The first-order chi connectivity index (χ1) is 12.2. The van der Waals surface area contributed by atoms with Crippen LogP contribution in [0.25, 0.3) is 0 Å². The van der Waals surface area contributed by atoms with E-state index in [-0.39, 0.29) is 36.0 Å². The van der Waals surface area contributed by atoms with Crippen LogP contribution in [-0.4, -0.2) is 27.1 Å². The van der Waals surface area contributed by atoms with Crippen LogP contribution in [-0.2, 0) is 14.8 Å². The predicted molar refractivity (Wildman–Crippen MR) is 103 cm³/mol. The summed E-state index contributed by atoms with van der Waals surface area (Å²) < 4.78 is 38.4. The second-order valence-corrected chi connectivity index (χ2v) is 8.34. The molecule has 0 heterocycles. The van der Waals surface area contributed by atoms with Gasteiger partial charge in [0.15, 0.2) is 0 Å². The van der Waals surface area contributed by atoms with Gasteiger partial charge < -0.3 is 5.32 Å². The predicted octanol–water partition coefficient (Wildman–Crippen LogP) is 4.32. The minimum absolute atomic E-state index is 0.0511. The largest absolute Gasteiger partial charge is 0.326 e. The van der Waals surface area contributed by atoms with Crippen LogP contribution in [0, 0.1) is 5.82 Å². The zero-order chi connectivity index (χ0) is 19.3. The van der Waals surface area contributed by atoms with Crippen molar-refractivity contribution in [2.75, 3.05) is 22.4 Å². The van der Waals surface area contributed by atoms with Crippen molar-refractivity contribution in [3.8, 4) is 0 Å². The number of hydrogen-bond acceptors (Lipinski definition) is 3. The molecule has 0 unspecified atom stereocenters. The van der Waals surface area contributed by atoms with E-state index in [0.29, 0.717) is 10.7 Å². The lowest BCUT2D eigenvalue weighted by molar-refractivity contribution is -0.116. The average Bonchev–Trinajstić information content (AvgIpc) is 2.53. The SMILES string of the molecule is CS(=O)(=O)N(CCCC(=O)Nc1cccc(F)c1)c1cc(Cl)ccc1Cl. The van der Waals surface area contributed by atoms with Crippen molar-refractivity contribution in [2.45, 2.75) is 12.8 Å². The monoisotopic (exact) mass is 418 g/mol. The maximum atomic E-state index is 13.1. The maximum Gasteiger partial charge on any atom is 0.232 e. The third-order valence-corrected chi connectivity index (χ3v) is 5.19. The number of rotatable bonds is 7. The molecule has 2 aromatic carbocycles. The molecule has 0 spiro atoms. The van der Waals surface area contributed by atoms with Crippen LogP contribution in [0.3, 0.4) is 0 Å². The van der Waals surface area contributed by atoms with E-state index in [1.54, 1.807) is 12.1 Å². The average molecular weight is 419 g/mol. The van der Waals surface area contributed by atoms with Crippen molar-refractivity contribution in [3.05, 3.63) is 58.3 Å². The van der Waals surface area contributed by atoms with Crippen molar-refractivity contribution in [1.82, 2.24) is 0 Å². The van der Waals surface area contributed by atoms with Crippen LogP contribution >= 0.6 is 23.2 Å². The zero-order valence-electron chi connectivity index (χ0n) is 13.9. The molecule has 5 nitrogen and oxygen atoms in total. The molecule has 0 aromatic heterocycles. The summed E-state index contributed by atoms with van der Waals surface area (Å²) in [6, 6.07) is 10.0. The Morgan fingerprint density at radius 1 is 1.19 bits per heavy atom. The lowest BCUT2D eigenvalue weighted by atomic mass is 10.2. The summed E-state index contributed by atoms with van der Waals surface area (Å²) in [6.07, 6.45) is 1.36. The Labute approximate surface area is 161 Å². The van der Waals surface area contributed by atoms with Gasteiger partial charge in [0.2, 0.25) is 15.9 Å². The molecule has 0 atom stereocenters. The van der Waals surface area contributed by atoms with Crippen molar-refractivity contribution in [2.24, 2.45) is 0 Å². The molecule has 0 saturated heterocycles. The Hall–Kier alpha value is -1.83. The molecule has 1 amide bonds. The van der Waals surface area contributed by atoms with E-state index in [2.05, 4.69) is 5.32 Å². The number of anilines is 2. The number of carbonyl (C=O) groups excluding carboxylic acids is 1. The van der Waals surface area contributed by atoms with Crippen LogP contribution in [0.4, 0.5) is 15.8 Å². The van der Waals surface area contributed by atoms with Crippen LogP contribution < -0.4 is 9.62 Å². The van der Waals surface area contributed by atoms with Crippen molar-refractivity contribution in [1.29, 1.82) is 0 Å². The number of hydrogen-bond donors (Lipinski definition) is 1. The van der Waals surface area contributed by atoms with Crippen molar-refractivity contribution in [3.63, 3.8) is 0 Å². The van der Waals surface area contributed by atoms with Crippen LogP contribution in [0.2, 0.25) is 10.0 Å². The molecule has 26 heavy (non-hydrogen) atoms. The Morgan fingerprint density at radius 3 is 2.58 bits per heavy atom. The van der Waals surface area contributed by atoms with Gasteiger partial charge in [0, 0.05) is 23.7 Å². The van der Waals surface area contributed by atoms with Gasteiger partial charge in [0.05, 0.1) is 17.0 Å². The van der Waals surface area contributed by atoms with E-state index in [1.165, 1.54) is 30.3 Å². The van der Waals surface area contributed by atoms with E-state index in [4.69, 9.17) is 23.2 Å². The topological polar surface area (TPSA) is 66.5 Å². The highest BCUT2D eigenvalue weighted by molar-refractivity contribution is 7.92. The van der Waals surface area contributed by atoms with E-state index in [1.807, 2.05) is 0 Å².